The number of nitrogens with two attached hydrogens (primary N) is 1. The summed E-state index contributed by atoms with van der Waals surface area (Å²) in [4.78, 5) is 0. The molecular formula is C12H17NO2. The quantitative estimate of drug-likeness (QED) is 0.684. The van der Waals surface area contributed by atoms with Crippen LogP contribution in [0.5, 0.6) is 5.75 Å². The highest BCUT2D eigenvalue weighted by Crippen LogP contribution is 2.30. The molecule has 1 aliphatic rings. The number of methoxy groups -OCH3 is 1. The lowest BCUT2D eigenvalue weighted by atomic mass is 9.99. The molecule has 2 atom stereocenters. The van der Waals surface area contributed by atoms with Crippen LogP contribution in [0, 0.1) is 0 Å². The molecule has 0 bridgehead atoms. The van der Waals surface area contributed by atoms with Crippen LogP contribution in [-0.4, -0.2) is 18.3 Å². The third-order valence-corrected chi connectivity index (χ3v) is 3.06. The highest BCUT2D eigenvalue weighted by molar-refractivity contribution is 5.38. The number of aryl methyl sites for hydroxylation is 1. The molecule has 0 heterocycles. The first kappa shape index (κ1) is 10.5. The number of fused-ring (bicyclic) bond motifs is 1. The molecule has 0 aliphatic heterocycles. The van der Waals surface area contributed by atoms with Crippen molar-refractivity contribution in [3.63, 3.8) is 0 Å². The lowest BCUT2D eigenvalue weighted by molar-refractivity contribution is 0.144. The van der Waals surface area contributed by atoms with E-state index in [1.807, 2.05) is 18.2 Å². The summed E-state index contributed by atoms with van der Waals surface area (Å²) in [5.74, 6) is 0.780. The molecule has 0 saturated heterocycles. The van der Waals surface area contributed by atoms with Gasteiger partial charge in [0.05, 0.1) is 13.2 Å². The Hall–Kier alpha value is -1.06. The lowest BCUT2D eigenvalue weighted by Gasteiger charge is -2.18. The van der Waals surface area contributed by atoms with Crippen LogP contribution in [0.4, 0.5) is 0 Å². The molecule has 0 radical (unpaired) electrons. The van der Waals surface area contributed by atoms with Gasteiger partial charge in [-0.15, -0.1) is 0 Å². The summed E-state index contributed by atoms with van der Waals surface area (Å²) in [5.41, 5.74) is 8.01. The molecule has 1 aliphatic carbocycles. The predicted molar refractivity (Wildman–Crippen MR) is 58.9 cm³/mol. The number of aliphatic hydroxyl groups is 1. The van der Waals surface area contributed by atoms with E-state index in [4.69, 9.17) is 10.5 Å². The van der Waals surface area contributed by atoms with Gasteiger partial charge in [0.25, 0.3) is 0 Å². The minimum Gasteiger partial charge on any atom is -0.497 e. The third kappa shape index (κ3) is 1.98. The monoisotopic (exact) mass is 207 g/mol. The van der Waals surface area contributed by atoms with E-state index in [1.54, 1.807) is 7.11 Å². The van der Waals surface area contributed by atoms with Crippen molar-refractivity contribution < 1.29 is 9.84 Å². The maximum Gasteiger partial charge on any atom is 0.119 e. The van der Waals surface area contributed by atoms with Crippen molar-refractivity contribution in [1.82, 2.24) is 0 Å². The normalized spacial score (nSPS) is 25.5. The number of hydrogen-bond acceptors (Lipinski definition) is 3. The van der Waals surface area contributed by atoms with E-state index in [0.29, 0.717) is 0 Å². The van der Waals surface area contributed by atoms with Gasteiger partial charge in [-0.1, -0.05) is 6.07 Å². The average molecular weight is 207 g/mol. The van der Waals surface area contributed by atoms with E-state index < -0.39 is 6.10 Å². The molecule has 1 aromatic carbocycles. The van der Waals surface area contributed by atoms with Gasteiger partial charge in [0.15, 0.2) is 0 Å². The number of benzene rings is 1. The Balaban J connectivity index is 2.41. The fourth-order valence-electron chi connectivity index (χ4n) is 2.12. The highest BCUT2D eigenvalue weighted by atomic mass is 16.5. The average Bonchev–Trinajstić information content (AvgIpc) is 2.40. The Labute approximate surface area is 89.9 Å². The van der Waals surface area contributed by atoms with E-state index >= 15 is 0 Å². The number of ether oxygens (including phenoxy) is 1. The Morgan fingerprint density at radius 3 is 3.00 bits per heavy atom. The van der Waals surface area contributed by atoms with Crippen molar-refractivity contribution in [3.8, 4) is 5.75 Å². The van der Waals surface area contributed by atoms with Gasteiger partial charge in [-0.3, -0.25) is 0 Å². The zero-order valence-corrected chi connectivity index (χ0v) is 8.94. The van der Waals surface area contributed by atoms with Crippen LogP contribution in [0.25, 0.3) is 0 Å². The molecule has 0 unspecified atom stereocenters. The van der Waals surface area contributed by atoms with Gasteiger partial charge in [-0.2, -0.15) is 0 Å². The molecule has 0 aromatic heterocycles. The van der Waals surface area contributed by atoms with Crippen molar-refractivity contribution in [1.29, 1.82) is 0 Å². The van der Waals surface area contributed by atoms with Crippen LogP contribution >= 0.6 is 0 Å². The number of rotatable bonds is 1. The van der Waals surface area contributed by atoms with Gasteiger partial charge in [-0.25, -0.2) is 0 Å². The first-order chi connectivity index (χ1) is 7.22. The summed E-state index contributed by atoms with van der Waals surface area (Å²) >= 11 is 0. The second-order valence-corrected chi connectivity index (χ2v) is 4.07. The molecule has 3 nitrogen and oxygen atoms in total. The standard InChI is InChI=1S/C12H17NO2/c1-15-9-6-5-8-3-2-4-11(13)12(14)10(8)7-9/h5-7,11-12,14H,2-4,13H2,1H3/t11-,12+/m1/s1. The zero-order chi connectivity index (χ0) is 10.8. The second kappa shape index (κ2) is 4.21. The Kier molecular flexibility index (Phi) is 2.93. The summed E-state index contributed by atoms with van der Waals surface area (Å²) in [6, 6.07) is 5.70. The van der Waals surface area contributed by atoms with Crippen molar-refractivity contribution in [2.75, 3.05) is 7.11 Å². The van der Waals surface area contributed by atoms with Crippen LogP contribution < -0.4 is 10.5 Å². The maximum atomic E-state index is 10.0. The van der Waals surface area contributed by atoms with Crippen LogP contribution in [0.1, 0.15) is 30.1 Å². The fourth-order valence-corrected chi connectivity index (χ4v) is 2.12. The van der Waals surface area contributed by atoms with Gasteiger partial charge < -0.3 is 15.6 Å². The molecule has 82 valence electrons. The molecule has 3 heteroatoms. The minimum atomic E-state index is -0.558. The van der Waals surface area contributed by atoms with E-state index in [2.05, 4.69) is 0 Å². The topological polar surface area (TPSA) is 55.5 Å². The molecule has 0 fully saturated rings. The third-order valence-electron chi connectivity index (χ3n) is 3.06. The van der Waals surface area contributed by atoms with E-state index in [1.165, 1.54) is 5.56 Å². The largest absolute Gasteiger partial charge is 0.497 e. The lowest BCUT2D eigenvalue weighted by Crippen LogP contribution is -2.27. The fraction of sp³-hybridized carbons (Fsp3) is 0.500. The molecule has 0 amide bonds. The number of hydrogen-bond donors (Lipinski definition) is 2. The molecule has 3 N–H and O–H groups in total. The maximum absolute atomic E-state index is 10.0. The van der Waals surface area contributed by atoms with Gasteiger partial charge in [0.2, 0.25) is 0 Å². The molecule has 0 spiro atoms. The van der Waals surface area contributed by atoms with Gasteiger partial charge >= 0.3 is 0 Å². The van der Waals surface area contributed by atoms with Crippen LogP contribution in [0.3, 0.4) is 0 Å². The number of aliphatic hydroxyl groups excluding tert-OH is 1. The summed E-state index contributed by atoms with van der Waals surface area (Å²) in [5, 5.41) is 10.0. The van der Waals surface area contributed by atoms with Gasteiger partial charge in [0.1, 0.15) is 5.75 Å². The van der Waals surface area contributed by atoms with Crippen molar-refractivity contribution in [3.05, 3.63) is 29.3 Å². The second-order valence-electron chi connectivity index (χ2n) is 4.07. The van der Waals surface area contributed by atoms with E-state index in [-0.39, 0.29) is 6.04 Å². The SMILES string of the molecule is COc1ccc2c(c1)[C@H](O)[C@H](N)CCC2. The summed E-state index contributed by atoms with van der Waals surface area (Å²) in [7, 11) is 1.63. The Morgan fingerprint density at radius 2 is 2.27 bits per heavy atom. The molecule has 0 saturated carbocycles. The smallest absolute Gasteiger partial charge is 0.119 e. The van der Waals surface area contributed by atoms with Crippen LogP contribution in [0.15, 0.2) is 18.2 Å². The summed E-state index contributed by atoms with van der Waals surface area (Å²) < 4.78 is 5.15. The molecule has 2 rings (SSSR count). The molecular weight excluding hydrogens is 190 g/mol. The highest BCUT2D eigenvalue weighted by Gasteiger charge is 2.23. The molecule has 15 heavy (non-hydrogen) atoms. The van der Waals surface area contributed by atoms with Gasteiger partial charge in [-0.05, 0) is 42.5 Å². The van der Waals surface area contributed by atoms with Crippen LogP contribution in [0.2, 0.25) is 0 Å². The Bertz CT molecular complexity index is 351. The Morgan fingerprint density at radius 1 is 1.47 bits per heavy atom. The minimum absolute atomic E-state index is 0.154. The molecule has 1 aromatic rings. The van der Waals surface area contributed by atoms with E-state index in [0.717, 1.165) is 30.6 Å². The first-order valence-electron chi connectivity index (χ1n) is 5.33. The first-order valence-corrected chi connectivity index (χ1v) is 5.33. The van der Waals surface area contributed by atoms with Crippen molar-refractivity contribution in [2.45, 2.75) is 31.4 Å². The summed E-state index contributed by atoms with van der Waals surface area (Å²) in [6.07, 6.45) is 2.34. The predicted octanol–water partition coefficient (Wildman–Crippen LogP) is 1.39. The van der Waals surface area contributed by atoms with Crippen molar-refractivity contribution >= 4 is 0 Å². The van der Waals surface area contributed by atoms with E-state index in [9.17, 15) is 5.11 Å². The zero-order valence-electron chi connectivity index (χ0n) is 8.94. The van der Waals surface area contributed by atoms with Crippen LogP contribution in [-0.2, 0) is 6.42 Å². The van der Waals surface area contributed by atoms with Gasteiger partial charge in [0, 0.05) is 6.04 Å². The van der Waals surface area contributed by atoms with Crippen molar-refractivity contribution in [2.24, 2.45) is 5.73 Å². The summed E-state index contributed by atoms with van der Waals surface area (Å²) in [6.45, 7) is 0.